The Labute approximate surface area is 92.1 Å². The van der Waals surface area contributed by atoms with Crippen LogP contribution in [0, 0.1) is 13.8 Å². The smallest absolute Gasteiger partial charge is 0.0213 e. The molecule has 0 radical (unpaired) electrons. The SMILES string of the molecule is Cc1cccc(C)c1CNC1CCNC1. The van der Waals surface area contributed by atoms with Crippen LogP contribution in [0.25, 0.3) is 0 Å². The van der Waals surface area contributed by atoms with Crippen molar-refractivity contribution in [2.75, 3.05) is 13.1 Å². The molecular formula is C13H20N2. The lowest BCUT2D eigenvalue weighted by Crippen LogP contribution is -2.30. The quantitative estimate of drug-likeness (QED) is 0.784. The Balaban J connectivity index is 1.97. The third-order valence-corrected chi connectivity index (χ3v) is 3.27. The average Bonchev–Trinajstić information content (AvgIpc) is 2.70. The van der Waals surface area contributed by atoms with Gasteiger partial charge in [-0.25, -0.2) is 0 Å². The molecule has 1 heterocycles. The summed E-state index contributed by atoms with van der Waals surface area (Å²) in [6.45, 7) is 7.66. The standard InChI is InChI=1S/C13H20N2/c1-10-4-3-5-11(2)13(10)9-15-12-6-7-14-8-12/h3-5,12,14-15H,6-9H2,1-2H3. The first kappa shape index (κ1) is 10.7. The van der Waals surface area contributed by atoms with Gasteiger partial charge in [-0.1, -0.05) is 18.2 Å². The molecule has 1 saturated heterocycles. The Kier molecular flexibility index (Phi) is 3.39. The highest BCUT2D eigenvalue weighted by Crippen LogP contribution is 2.13. The second-order valence-corrected chi connectivity index (χ2v) is 4.44. The van der Waals surface area contributed by atoms with Crippen LogP contribution in [0.2, 0.25) is 0 Å². The Morgan fingerprint density at radius 1 is 1.33 bits per heavy atom. The molecule has 2 N–H and O–H groups in total. The number of nitrogens with one attached hydrogen (secondary N) is 2. The highest BCUT2D eigenvalue weighted by molar-refractivity contribution is 5.33. The monoisotopic (exact) mass is 204 g/mol. The summed E-state index contributed by atoms with van der Waals surface area (Å²) in [6.07, 6.45) is 1.25. The van der Waals surface area contributed by atoms with Crippen LogP contribution in [0.1, 0.15) is 23.1 Å². The van der Waals surface area contributed by atoms with Crippen LogP contribution < -0.4 is 10.6 Å². The minimum atomic E-state index is 0.656. The third-order valence-electron chi connectivity index (χ3n) is 3.27. The summed E-state index contributed by atoms with van der Waals surface area (Å²) < 4.78 is 0. The molecule has 1 aliphatic heterocycles. The van der Waals surface area contributed by atoms with Gasteiger partial charge >= 0.3 is 0 Å². The Hall–Kier alpha value is -0.860. The van der Waals surface area contributed by atoms with Crippen molar-refractivity contribution >= 4 is 0 Å². The maximum Gasteiger partial charge on any atom is 0.0213 e. The van der Waals surface area contributed by atoms with E-state index in [1.54, 1.807) is 0 Å². The van der Waals surface area contributed by atoms with Gasteiger partial charge in [0.1, 0.15) is 0 Å². The van der Waals surface area contributed by atoms with Crippen molar-refractivity contribution in [2.45, 2.75) is 32.9 Å². The maximum atomic E-state index is 3.62. The second kappa shape index (κ2) is 4.77. The molecule has 82 valence electrons. The van der Waals surface area contributed by atoms with Gasteiger partial charge in [-0.3, -0.25) is 0 Å². The van der Waals surface area contributed by atoms with E-state index in [2.05, 4.69) is 42.7 Å². The van der Waals surface area contributed by atoms with Crippen LogP contribution >= 0.6 is 0 Å². The average molecular weight is 204 g/mol. The van der Waals surface area contributed by atoms with E-state index in [1.165, 1.54) is 23.1 Å². The second-order valence-electron chi connectivity index (χ2n) is 4.44. The van der Waals surface area contributed by atoms with Gasteiger partial charge in [0.05, 0.1) is 0 Å². The maximum absolute atomic E-state index is 3.62. The Morgan fingerprint density at radius 2 is 2.07 bits per heavy atom. The zero-order valence-electron chi connectivity index (χ0n) is 9.64. The number of benzene rings is 1. The van der Waals surface area contributed by atoms with Crippen LogP contribution in [-0.4, -0.2) is 19.1 Å². The molecule has 0 aliphatic carbocycles. The lowest BCUT2D eigenvalue weighted by molar-refractivity contribution is 0.545. The number of hydrogen-bond acceptors (Lipinski definition) is 2. The Morgan fingerprint density at radius 3 is 2.67 bits per heavy atom. The summed E-state index contributed by atoms with van der Waals surface area (Å²) in [5, 5.41) is 6.99. The van der Waals surface area contributed by atoms with Gasteiger partial charge in [0.25, 0.3) is 0 Å². The molecule has 1 unspecified atom stereocenters. The Bertz CT molecular complexity index is 307. The first-order valence-corrected chi connectivity index (χ1v) is 5.76. The first-order valence-electron chi connectivity index (χ1n) is 5.76. The largest absolute Gasteiger partial charge is 0.315 e. The van der Waals surface area contributed by atoms with E-state index in [0.717, 1.165) is 19.6 Å². The van der Waals surface area contributed by atoms with Gasteiger partial charge in [-0.2, -0.15) is 0 Å². The van der Waals surface area contributed by atoms with E-state index < -0.39 is 0 Å². The molecule has 1 aromatic rings. The van der Waals surface area contributed by atoms with Crippen molar-refractivity contribution in [1.29, 1.82) is 0 Å². The number of aryl methyl sites for hydroxylation is 2. The molecule has 0 aromatic heterocycles. The van der Waals surface area contributed by atoms with E-state index in [4.69, 9.17) is 0 Å². The van der Waals surface area contributed by atoms with Gasteiger partial charge < -0.3 is 10.6 Å². The van der Waals surface area contributed by atoms with Gasteiger partial charge in [0, 0.05) is 19.1 Å². The summed E-state index contributed by atoms with van der Waals surface area (Å²) >= 11 is 0. The topological polar surface area (TPSA) is 24.1 Å². The summed E-state index contributed by atoms with van der Waals surface area (Å²) in [5.74, 6) is 0. The van der Waals surface area contributed by atoms with Crippen LogP contribution in [0.3, 0.4) is 0 Å². The molecule has 0 amide bonds. The van der Waals surface area contributed by atoms with Crippen molar-refractivity contribution in [2.24, 2.45) is 0 Å². The van der Waals surface area contributed by atoms with E-state index in [0.29, 0.717) is 6.04 Å². The molecule has 0 saturated carbocycles. The zero-order valence-corrected chi connectivity index (χ0v) is 9.64. The fourth-order valence-corrected chi connectivity index (χ4v) is 2.20. The minimum Gasteiger partial charge on any atom is -0.315 e. The number of rotatable bonds is 3. The molecule has 1 aliphatic rings. The van der Waals surface area contributed by atoms with Crippen molar-refractivity contribution in [3.05, 3.63) is 34.9 Å². The molecule has 2 rings (SSSR count). The van der Waals surface area contributed by atoms with Crippen molar-refractivity contribution in [3.63, 3.8) is 0 Å². The van der Waals surface area contributed by atoms with E-state index >= 15 is 0 Å². The fraction of sp³-hybridized carbons (Fsp3) is 0.538. The summed E-state index contributed by atoms with van der Waals surface area (Å²) in [6, 6.07) is 7.17. The summed E-state index contributed by atoms with van der Waals surface area (Å²) in [7, 11) is 0. The lowest BCUT2D eigenvalue weighted by atomic mass is 10.0. The molecule has 1 aromatic carbocycles. The van der Waals surface area contributed by atoms with Crippen LogP contribution in [-0.2, 0) is 6.54 Å². The highest BCUT2D eigenvalue weighted by Gasteiger charge is 2.13. The predicted molar refractivity (Wildman–Crippen MR) is 64.0 cm³/mol. The highest BCUT2D eigenvalue weighted by atomic mass is 15.0. The summed E-state index contributed by atoms with van der Waals surface area (Å²) in [5.41, 5.74) is 4.26. The molecule has 2 heteroatoms. The molecular weight excluding hydrogens is 184 g/mol. The molecule has 1 atom stereocenters. The van der Waals surface area contributed by atoms with Crippen LogP contribution in [0.5, 0.6) is 0 Å². The zero-order chi connectivity index (χ0) is 10.7. The third kappa shape index (κ3) is 2.58. The van der Waals surface area contributed by atoms with Gasteiger partial charge in [-0.05, 0) is 43.5 Å². The van der Waals surface area contributed by atoms with Crippen molar-refractivity contribution in [1.82, 2.24) is 10.6 Å². The van der Waals surface area contributed by atoms with Gasteiger partial charge in [0.15, 0.2) is 0 Å². The van der Waals surface area contributed by atoms with Crippen molar-refractivity contribution < 1.29 is 0 Å². The molecule has 0 bridgehead atoms. The molecule has 0 spiro atoms. The van der Waals surface area contributed by atoms with Crippen molar-refractivity contribution in [3.8, 4) is 0 Å². The van der Waals surface area contributed by atoms with Crippen LogP contribution in [0.4, 0.5) is 0 Å². The minimum absolute atomic E-state index is 0.656. The molecule has 1 fully saturated rings. The van der Waals surface area contributed by atoms with Crippen LogP contribution in [0.15, 0.2) is 18.2 Å². The van der Waals surface area contributed by atoms with E-state index in [1.807, 2.05) is 0 Å². The van der Waals surface area contributed by atoms with Gasteiger partial charge in [0.2, 0.25) is 0 Å². The summed E-state index contributed by atoms with van der Waals surface area (Å²) in [4.78, 5) is 0. The predicted octanol–water partition coefficient (Wildman–Crippen LogP) is 1.75. The first-order chi connectivity index (χ1) is 7.27. The van der Waals surface area contributed by atoms with Gasteiger partial charge in [-0.15, -0.1) is 0 Å². The number of hydrogen-bond donors (Lipinski definition) is 2. The fourth-order valence-electron chi connectivity index (χ4n) is 2.20. The normalized spacial score (nSPS) is 20.8. The lowest BCUT2D eigenvalue weighted by Gasteiger charge is -2.14. The molecule has 15 heavy (non-hydrogen) atoms. The molecule has 2 nitrogen and oxygen atoms in total. The van der Waals surface area contributed by atoms with E-state index in [-0.39, 0.29) is 0 Å². The van der Waals surface area contributed by atoms with E-state index in [9.17, 15) is 0 Å².